The molecule has 1 aliphatic heterocycles. The number of aryl methyl sites for hydroxylation is 2. The van der Waals surface area contributed by atoms with Gasteiger partial charge in [0.05, 0.1) is 0 Å². The lowest BCUT2D eigenvalue weighted by molar-refractivity contribution is -0.116. The second kappa shape index (κ2) is 7.59. The number of nitrogens with zero attached hydrogens (tertiary/aromatic N) is 4. The molecule has 0 atom stereocenters. The maximum atomic E-state index is 12.9. The van der Waals surface area contributed by atoms with Crippen molar-refractivity contribution in [2.75, 3.05) is 23.3 Å². The molecule has 150 valence electrons. The van der Waals surface area contributed by atoms with Gasteiger partial charge in [-0.1, -0.05) is 17.4 Å². The monoisotopic (exact) mass is 409 g/mol. The van der Waals surface area contributed by atoms with Crippen LogP contribution in [0.25, 0.3) is 10.3 Å². The summed E-state index contributed by atoms with van der Waals surface area (Å²) in [6.07, 6.45) is 8.30. The molecule has 3 heterocycles. The number of fused-ring (bicyclic) bond motifs is 2. The minimum absolute atomic E-state index is 0.0597. The fourth-order valence-corrected chi connectivity index (χ4v) is 5.19. The maximum Gasteiger partial charge on any atom is 0.273 e. The van der Waals surface area contributed by atoms with E-state index in [1.54, 1.807) is 0 Å². The number of hydrogen-bond donors (Lipinski definition) is 1. The number of hydrogen-bond acceptors (Lipinski definition) is 6. The van der Waals surface area contributed by atoms with E-state index < -0.39 is 0 Å². The highest BCUT2D eigenvalue weighted by Crippen LogP contribution is 2.28. The summed E-state index contributed by atoms with van der Waals surface area (Å²) < 4.78 is 1.88. The number of carbonyl (C=O) groups excluding carboxylic acids is 1. The van der Waals surface area contributed by atoms with Crippen LogP contribution in [0, 0.1) is 0 Å². The summed E-state index contributed by atoms with van der Waals surface area (Å²) in [5.74, 6) is -0.230. The molecule has 1 amide bonds. The van der Waals surface area contributed by atoms with Gasteiger partial charge in [-0.05, 0) is 61.8 Å². The molecule has 1 N–H and O–H groups in total. The predicted molar refractivity (Wildman–Crippen MR) is 115 cm³/mol. The number of amides is 1. The van der Waals surface area contributed by atoms with Gasteiger partial charge in [0.25, 0.3) is 5.56 Å². The SMILES string of the molecule is O=C(Cn1cnc2nc(N3CCCCC3)sc2c1=O)Nc1ccc2c(c1)CCC2. The van der Waals surface area contributed by atoms with Crippen molar-refractivity contribution in [3.05, 3.63) is 46.0 Å². The van der Waals surface area contributed by atoms with Crippen molar-refractivity contribution in [2.24, 2.45) is 0 Å². The largest absolute Gasteiger partial charge is 0.348 e. The Labute approximate surface area is 172 Å². The first kappa shape index (κ1) is 18.3. The molecule has 3 aromatic rings. The van der Waals surface area contributed by atoms with E-state index in [-0.39, 0.29) is 18.0 Å². The Hall–Kier alpha value is -2.74. The van der Waals surface area contributed by atoms with Gasteiger partial charge in [-0.2, -0.15) is 4.98 Å². The minimum Gasteiger partial charge on any atom is -0.348 e. The Balaban J connectivity index is 1.34. The van der Waals surface area contributed by atoms with Gasteiger partial charge in [0.2, 0.25) is 5.91 Å². The van der Waals surface area contributed by atoms with E-state index in [9.17, 15) is 9.59 Å². The van der Waals surface area contributed by atoms with Crippen LogP contribution in [0.15, 0.2) is 29.3 Å². The van der Waals surface area contributed by atoms with E-state index in [2.05, 4.69) is 26.3 Å². The van der Waals surface area contributed by atoms with Gasteiger partial charge in [0.15, 0.2) is 10.8 Å². The summed E-state index contributed by atoms with van der Waals surface area (Å²) in [6.45, 7) is 1.88. The first-order valence-electron chi connectivity index (χ1n) is 10.2. The van der Waals surface area contributed by atoms with Gasteiger partial charge in [0.1, 0.15) is 17.6 Å². The summed E-state index contributed by atoms with van der Waals surface area (Å²) >= 11 is 1.38. The average molecular weight is 410 g/mol. The molecule has 0 saturated carbocycles. The summed E-state index contributed by atoms with van der Waals surface area (Å²) in [6, 6.07) is 6.05. The van der Waals surface area contributed by atoms with E-state index >= 15 is 0 Å². The number of nitrogens with one attached hydrogen (secondary N) is 1. The fraction of sp³-hybridized carbons (Fsp3) is 0.429. The van der Waals surface area contributed by atoms with Crippen molar-refractivity contribution in [1.29, 1.82) is 0 Å². The number of rotatable bonds is 4. The van der Waals surface area contributed by atoms with Crippen LogP contribution in [0.4, 0.5) is 10.8 Å². The van der Waals surface area contributed by atoms with Crippen LogP contribution in [-0.2, 0) is 24.2 Å². The van der Waals surface area contributed by atoms with Crippen LogP contribution in [0.3, 0.4) is 0 Å². The molecule has 8 heteroatoms. The Bertz CT molecular complexity index is 1130. The highest BCUT2D eigenvalue weighted by atomic mass is 32.1. The molecule has 2 aliphatic rings. The molecule has 0 bridgehead atoms. The second-order valence-electron chi connectivity index (χ2n) is 7.76. The van der Waals surface area contributed by atoms with Crippen molar-refractivity contribution < 1.29 is 4.79 Å². The first-order valence-corrected chi connectivity index (χ1v) is 11.0. The summed E-state index contributed by atoms with van der Waals surface area (Å²) in [4.78, 5) is 36.4. The van der Waals surface area contributed by atoms with Gasteiger partial charge >= 0.3 is 0 Å². The molecule has 7 nitrogen and oxygen atoms in total. The molecule has 1 saturated heterocycles. The van der Waals surface area contributed by atoms with Gasteiger partial charge in [0, 0.05) is 18.8 Å². The fourth-order valence-electron chi connectivity index (χ4n) is 4.17. The topological polar surface area (TPSA) is 80.1 Å². The van der Waals surface area contributed by atoms with E-state index in [4.69, 9.17) is 0 Å². The van der Waals surface area contributed by atoms with E-state index in [1.807, 2.05) is 12.1 Å². The maximum absolute atomic E-state index is 12.9. The van der Waals surface area contributed by atoms with E-state index in [0.29, 0.717) is 10.3 Å². The van der Waals surface area contributed by atoms with Crippen molar-refractivity contribution in [3.63, 3.8) is 0 Å². The van der Waals surface area contributed by atoms with Crippen LogP contribution in [0.2, 0.25) is 0 Å². The molecule has 2 aromatic heterocycles. The van der Waals surface area contributed by atoms with E-state index in [1.165, 1.54) is 46.2 Å². The average Bonchev–Trinajstić information content (AvgIpc) is 3.38. The number of thiazole rings is 1. The molecule has 1 fully saturated rings. The molecule has 1 aliphatic carbocycles. The van der Waals surface area contributed by atoms with Crippen LogP contribution < -0.4 is 15.8 Å². The van der Waals surface area contributed by atoms with Gasteiger partial charge in [-0.25, -0.2) is 4.98 Å². The van der Waals surface area contributed by atoms with Crippen LogP contribution in [0.1, 0.15) is 36.8 Å². The molecule has 0 radical (unpaired) electrons. The molecular weight excluding hydrogens is 386 g/mol. The Morgan fingerprint density at radius 2 is 1.93 bits per heavy atom. The minimum atomic E-state index is -0.230. The Morgan fingerprint density at radius 3 is 2.79 bits per heavy atom. The van der Waals surface area contributed by atoms with Crippen molar-refractivity contribution in [2.45, 2.75) is 45.1 Å². The number of piperidine rings is 1. The Kier molecular flexibility index (Phi) is 4.79. The quantitative estimate of drug-likeness (QED) is 0.717. The summed E-state index contributed by atoms with van der Waals surface area (Å²) in [7, 11) is 0. The predicted octanol–water partition coefficient (Wildman–Crippen LogP) is 2.97. The zero-order chi connectivity index (χ0) is 19.8. The standard InChI is InChI=1S/C21H23N5O2S/c27-17(23-16-8-7-14-5-4-6-15(14)11-16)12-26-13-22-19-18(20(26)28)29-21(24-19)25-9-2-1-3-10-25/h7-8,11,13H,1-6,9-10,12H2,(H,23,27). The zero-order valence-corrected chi connectivity index (χ0v) is 17.0. The molecule has 0 unspecified atom stereocenters. The molecule has 1 aromatic carbocycles. The van der Waals surface area contributed by atoms with Gasteiger partial charge in [-0.15, -0.1) is 0 Å². The number of aromatic nitrogens is 3. The van der Waals surface area contributed by atoms with Crippen molar-refractivity contribution in [1.82, 2.24) is 14.5 Å². The second-order valence-corrected chi connectivity index (χ2v) is 8.74. The van der Waals surface area contributed by atoms with Gasteiger partial charge < -0.3 is 10.2 Å². The molecule has 0 spiro atoms. The third-order valence-corrected chi connectivity index (χ3v) is 6.79. The number of benzene rings is 1. The number of anilines is 2. The smallest absolute Gasteiger partial charge is 0.273 e. The molecule has 5 rings (SSSR count). The highest BCUT2D eigenvalue weighted by molar-refractivity contribution is 7.22. The highest BCUT2D eigenvalue weighted by Gasteiger charge is 2.18. The lowest BCUT2D eigenvalue weighted by Crippen LogP contribution is -2.29. The Morgan fingerprint density at radius 1 is 1.10 bits per heavy atom. The van der Waals surface area contributed by atoms with Crippen LogP contribution in [0.5, 0.6) is 0 Å². The van der Waals surface area contributed by atoms with Crippen molar-refractivity contribution >= 4 is 38.4 Å². The molecule has 29 heavy (non-hydrogen) atoms. The summed E-state index contributed by atoms with van der Waals surface area (Å²) in [5, 5.41) is 3.76. The molecular formula is C21H23N5O2S. The van der Waals surface area contributed by atoms with Gasteiger partial charge in [-0.3, -0.25) is 14.2 Å². The normalized spacial score (nSPS) is 16.2. The third-order valence-electron chi connectivity index (χ3n) is 5.70. The number of carbonyl (C=O) groups is 1. The zero-order valence-electron chi connectivity index (χ0n) is 16.2. The first-order chi connectivity index (χ1) is 14.2. The summed E-state index contributed by atoms with van der Waals surface area (Å²) in [5.41, 5.74) is 3.71. The van der Waals surface area contributed by atoms with Crippen LogP contribution in [-0.4, -0.2) is 33.5 Å². The van der Waals surface area contributed by atoms with Crippen molar-refractivity contribution in [3.8, 4) is 0 Å². The lowest BCUT2D eigenvalue weighted by Gasteiger charge is -2.25. The lowest BCUT2D eigenvalue weighted by atomic mass is 10.1. The van der Waals surface area contributed by atoms with Crippen LogP contribution >= 0.6 is 11.3 Å². The third kappa shape index (κ3) is 3.64. The van der Waals surface area contributed by atoms with E-state index in [0.717, 1.165) is 49.6 Å².